The minimum atomic E-state index is -0.479. The molecule has 134 valence electrons. The van der Waals surface area contributed by atoms with E-state index >= 15 is 0 Å². The summed E-state index contributed by atoms with van der Waals surface area (Å²) in [7, 11) is 0. The lowest BCUT2D eigenvalue weighted by molar-refractivity contribution is 0.0825. The molecule has 0 radical (unpaired) electrons. The van der Waals surface area contributed by atoms with Gasteiger partial charge in [-0.3, -0.25) is 9.79 Å². The van der Waals surface area contributed by atoms with Crippen LogP contribution in [0.2, 0.25) is 0 Å². The van der Waals surface area contributed by atoms with Crippen LogP contribution in [0.1, 0.15) is 67.4 Å². The number of carbonyl (C=O) groups is 1. The van der Waals surface area contributed by atoms with E-state index in [0.717, 1.165) is 43.4 Å². The van der Waals surface area contributed by atoms with Crippen molar-refractivity contribution < 1.29 is 4.79 Å². The zero-order valence-corrected chi connectivity index (χ0v) is 15.8. The van der Waals surface area contributed by atoms with E-state index in [1.807, 2.05) is 30.3 Å². The van der Waals surface area contributed by atoms with Gasteiger partial charge in [-0.15, -0.1) is 0 Å². The predicted octanol–water partition coefficient (Wildman–Crippen LogP) is 5.64. The van der Waals surface area contributed by atoms with E-state index < -0.39 is 5.41 Å². The number of carbonyl (C=O) groups excluding carboxylic acids is 1. The summed E-state index contributed by atoms with van der Waals surface area (Å²) >= 11 is 0. The normalized spacial score (nSPS) is 20.8. The molecular formula is C24H27NO. The maximum atomic E-state index is 13.8. The van der Waals surface area contributed by atoms with Crippen LogP contribution in [0.15, 0.2) is 59.6 Å². The lowest BCUT2D eigenvalue weighted by atomic mass is 9.63. The minimum Gasteiger partial charge on any atom is -0.293 e. The van der Waals surface area contributed by atoms with Gasteiger partial charge in [-0.1, -0.05) is 73.9 Å². The molecule has 2 aromatic rings. The Balaban J connectivity index is 1.89. The first kappa shape index (κ1) is 17.2. The summed E-state index contributed by atoms with van der Waals surface area (Å²) in [6.45, 7) is 4.37. The third-order valence-electron chi connectivity index (χ3n) is 5.94. The number of aliphatic imine (C=N–C) groups is 1. The molecule has 1 fully saturated rings. The largest absolute Gasteiger partial charge is 0.293 e. The summed E-state index contributed by atoms with van der Waals surface area (Å²) in [5.74, 6) is 0.254. The van der Waals surface area contributed by atoms with Crippen molar-refractivity contribution in [1.29, 1.82) is 0 Å². The second-order valence-corrected chi connectivity index (χ2v) is 8.44. The van der Waals surface area contributed by atoms with E-state index in [1.54, 1.807) is 0 Å². The van der Waals surface area contributed by atoms with E-state index in [9.17, 15) is 4.79 Å². The van der Waals surface area contributed by atoms with Gasteiger partial charge in [-0.2, -0.15) is 0 Å². The summed E-state index contributed by atoms with van der Waals surface area (Å²) in [5.41, 5.74) is 3.74. The molecule has 2 heteroatoms. The average molecular weight is 345 g/mol. The molecule has 0 atom stereocenters. The quantitative estimate of drug-likeness (QED) is 0.662. The smallest absolute Gasteiger partial charge is 0.174 e. The number of Topliss-reactive ketones (excluding diaryl/α,β-unsaturated/α-hetero) is 1. The van der Waals surface area contributed by atoms with Crippen molar-refractivity contribution >= 4 is 11.5 Å². The highest BCUT2D eigenvalue weighted by atomic mass is 16.1. The molecule has 0 spiro atoms. The Morgan fingerprint density at radius 3 is 2.27 bits per heavy atom. The SMILES string of the molecule is CC1(C)Cc2ccccc2C(C2(C(=O)c3ccccc3)CCCCC2)=N1. The molecule has 2 aromatic carbocycles. The number of fused-ring (bicyclic) bond motifs is 1. The first-order valence-electron chi connectivity index (χ1n) is 9.80. The Morgan fingerprint density at radius 2 is 1.54 bits per heavy atom. The molecule has 1 aliphatic heterocycles. The van der Waals surface area contributed by atoms with E-state index in [1.165, 1.54) is 17.5 Å². The van der Waals surface area contributed by atoms with E-state index in [0.29, 0.717) is 0 Å². The predicted molar refractivity (Wildman–Crippen MR) is 107 cm³/mol. The average Bonchev–Trinajstić information content (AvgIpc) is 2.67. The molecule has 0 unspecified atom stereocenters. The Kier molecular flexibility index (Phi) is 4.30. The van der Waals surface area contributed by atoms with Crippen LogP contribution < -0.4 is 0 Å². The molecule has 1 aliphatic carbocycles. The second kappa shape index (κ2) is 6.50. The van der Waals surface area contributed by atoms with Crippen molar-refractivity contribution in [3.8, 4) is 0 Å². The highest BCUT2D eigenvalue weighted by Gasteiger charge is 2.47. The molecule has 1 saturated carbocycles. The molecule has 0 N–H and O–H groups in total. The number of hydrogen-bond acceptors (Lipinski definition) is 2. The van der Waals surface area contributed by atoms with Crippen LogP contribution in [-0.4, -0.2) is 17.0 Å². The third-order valence-corrected chi connectivity index (χ3v) is 5.94. The summed E-state index contributed by atoms with van der Waals surface area (Å²) in [6.07, 6.45) is 6.15. The second-order valence-electron chi connectivity index (χ2n) is 8.44. The van der Waals surface area contributed by atoms with Crippen molar-refractivity contribution in [2.75, 3.05) is 0 Å². The summed E-state index contributed by atoms with van der Waals surface area (Å²) in [6, 6.07) is 18.4. The Labute approximate surface area is 156 Å². The van der Waals surface area contributed by atoms with Crippen molar-refractivity contribution in [3.05, 3.63) is 71.3 Å². The van der Waals surface area contributed by atoms with Crippen molar-refractivity contribution in [1.82, 2.24) is 0 Å². The van der Waals surface area contributed by atoms with Gasteiger partial charge in [0, 0.05) is 5.56 Å². The fourth-order valence-corrected chi connectivity index (χ4v) is 4.73. The maximum Gasteiger partial charge on any atom is 0.174 e. The molecule has 0 bridgehead atoms. The van der Waals surface area contributed by atoms with Crippen molar-refractivity contribution in [3.63, 3.8) is 0 Å². The highest BCUT2D eigenvalue weighted by molar-refractivity contribution is 6.22. The van der Waals surface area contributed by atoms with Crippen LogP contribution in [0.3, 0.4) is 0 Å². The van der Waals surface area contributed by atoms with Crippen LogP contribution >= 0.6 is 0 Å². The maximum absolute atomic E-state index is 13.8. The summed E-state index contributed by atoms with van der Waals surface area (Å²) < 4.78 is 0. The van der Waals surface area contributed by atoms with Gasteiger partial charge in [-0.05, 0) is 44.2 Å². The first-order chi connectivity index (χ1) is 12.5. The van der Waals surface area contributed by atoms with Crippen LogP contribution in [0.5, 0.6) is 0 Å². The van der Waals surface area contributed by atoms with E-state index in [4.69, 9.17) is 4.99 Å². The lowest BCUT2D eigenvalue weighted by Gasteiger charge is -2.41. The molecule has 0 saturated heterocycles. The Bertz CT molecular complexity index is 842. The van der Waals surface area contributed by atoms with Gasteiger partial charge in [0.25, 0.3) is 0 Å². The molecule has 2 aliphatic rings. The van der Waals surface area contributed by atoms with Gasteiger partial charge in [-0.25, -0.2) is 0 Å². The molecule has 0 amide bonds. The number of rotatable bonds is 3. The summed E-state index contributed by atoms with van der Waals surface area (Å²) in [4.78, 5) is 19.0. The van der Waals surface area contributed by atoms with Gasteiger partial charge >= 0.3 is 0 Å². The Morgan fingerprint density at radius 1 is 0.885 bits per heavy atom. The monoisotopic (exact) mass is 345 g/mol. The fourth-order valence-electron chi connectivity index (χ4n) is 4.73. The number of benzene rings is 2. The number of nitrogens with zero attached hydrogens (tertiary/aromatic N) is 1. The molecule has 2 nitrogen and oxygen atoms in total. The molecule has 26 heavy (non-hydrogen) atoms. The third kappa shape index (κ3) is 2.92. The van der Waals surface area contributed by atoms with Gasteiger partial charge < -0.3 is 0 Å². The van der Waals surface area contributed by atoms with Crippen LogP contribution in [0.25, 0.3) is 0 Å². The summed E-state index contributed by atoms with van der Waals surface area (Å²) in [5, 5.41) is 0. The minimum absolute atomic E-state index is 0.162. The zero-order chi connectivity index (χ0) is 18.2. The lowest BCUT2D eigenvalue weighted by Crippen LogP contribution is -2.45. The molecular weight excluding hydrogens is 318 g/mol. The zero-order valence-electron chi connectivity index (χ0n) is 15.8. The Hall–Kier alpha value is -2.22. The molecule has 1 heterocycles. The topological polar surface area (TPSA) is 29.4 Å². The van der Waals surface area contributed by atoms with Gasteiger partial charge in [0.1, 0.15) is 0 Å². The standard InChI is InChI=1S/C24H27NO/c1-23(2)17-19-13-7-8-14-20(19)21(25-23)24(15-9-4-10-16-24)22(26)18-11-5-3-6-12-18/h3,5-8,11-14H,4,9-10,15-17H2,1-2H3. The fraction of sp³-hybridized carbons (Fsp3) is 0.417. The molecule has 4 rings (SSSR count). The van der Waals surface area contributed by atoms with Crippen molar-refractivity contribution in [2.45, 2.75) is 57.9 Å². The van der Waals surface area contributed by atoms with Crippen LogP contribution in [0, 0.1) is 5.41 Å². The molecule has 0 aromatic heterocycles. The van der Waals surface area contributed by atoms with E-state index in [2.05, 4.69) is 38.1 Å². The van der Waals surface area contributed by atoms with Crippen LogP contribution in [0.4, 0.5) is 0 Å². The highest BCUT2D eigenvalue weighted by Crippen LogP contribution is 2.45. The number of hydrogen-bond donors (Lipinski definition) is 0. The van der Waals surface area contributed by atoms with Crippen LogP contribution in [-0.2, 0) is 6.42 Å². The van der Waals surface area contributed by atoms with Gasteiger partial charge in [0.15, 0.2) is 5.78 Å². The van der Waals surface area contributed by atoms with Gasteiger partial charge in [0.05, 0.1) is 16.7 Å². The van der Waals surface area contributed by atoms with E-state index in [-0.39, 0.29) is 11.3 Å². The van der Waals surface area contributed by atoms with Gasteiger partial charge in [0.2, 0.25) is 0 Å². The first-order valence-corrected chi connectivity index (χ1v) is 9.80. The number of ketones is 1. The van der Waals surface area contributed by atoms with Crippen molar-refractivity contribution in [2.24, 2.45) is 10.4 Å².